The molecule has 1 aliphatic carbocycles. The third-order valence-electron chi connectivity index (χ3n) is 5.01. The quantitative estimate of drug-likeness (QED) is 0.753. The van der Waals surface area contributed by atoms with Crippen LogP contribution in [-0.4, -0.2) is 62.7 Å². The molecule has 0 spiro atoms. The van der Waals surface area contributed by atoms with E-state index in [9.17, 15) is 0 Å². The molecule has 0 bridgehead atoms. The van der Waals surface area contributed by atoms with Crippen molar-refractivity contribution in [1.82, 2.24) is 15.1 Å². The molecule has 2 aliphatic rings. The monoisotopic (exact) mass is 239 g/mol. The second-order valence-corrected chi connectivity index (χ2v) is 6.56. The van der Waals surface area contributed by atoms with Crippen LogP contribution in [0, 0.1) is 11.8 Å². The fourth-order valence-corrected chi connectivity index (χ4v) is 3.25. The van der Waals surface area contributed by atoms with E-state index in [0.717, 1.165) is 11.8 Å². The van der Waals surface area contributed by atoms with Crippen molar-refractivity contribution in [3.8, 4) is 0 Å². The topological polar surface area (TPSA) is 18.5 Å². The van der Waals surface area contributed by atoms with Crippen LogP contribution in [0.5, 0.6) is 0 Å². The van der Waals surface area contributed by atoms with Gasteiger partial charge in [0.1, 0.15) is 0 Å². The summed E-state index contributed by atoms with van der Waals surface area (Å²) in [5.74, 6) is 1.75. The van der Waals surface area contributed by atoms with Gasteiger partial charge in [-0.3, -0.25) is 0 Å². The minimum atomic E-state index is 0.479. The number of nitrogens with one attached hydrogen (secondary N) is 1. The molecular weight excluding hydrogens is 210 g/mol. The van der Waals surface area contributed by atoms with Crippen molar-refractivity contribution in [3.05, 3.63) is 0 Å². The summed E-state index contributed by atoms with van der Waals surface area (Å²) in [4.78, 5) is 5.00. The molecule has 3 heteroatoms. The summed E-state index contributed by atoms with van der Waals surface area (Å²) in [6.07, 6.45) is 4.17. The molecule has 1 saturated heterocycles. The highest BCUT2D eigenvalue weighted by Gasteiger charge is 2.40. The van der Waals surface area contributed by atoms with Gasteiger partial charge in [-0.25, -0.2) is 0 Å². The molecule has 0 amide bonds. The smallest absolute Gasteiger partial charge is 0.0330 e. The third kappa shape index (κ3) is 2.83. The average molecular weight is 239 g/mol. The zero-order chi connectivity index (χ0) is 12.5. The van der Waals surface area contributed by atoms with E-state index in [4.69, 9.17) is 0 Å². The normalized spacial score (nSPS) is 25.8. The van der Waals surface area contributed by atoms with Gasteiger partial charge >= 0.3 is 0 Å². The van der Waals surface area contributed by atoms with Crippen LogP contribution in [0.4, 0.5) is 0 Å². The largest absolute Gasteiger partial charge is 0.316 e. The lowest BCUT2D eigenvalue weighted by Crippen LogP contribution is -2.57. The van der Waals surface area contributed by atoms with Crippen LogP contribution in [0.2, 0.25) is 0 Å². The van der Waals surface area contributed by atoms with Crippen LogP contribution in [-0.2, 0) is 0 Å². The van der Waals surface area contributed by atoms with Crippen LogP contribution in [0.3, 0.4) is 0 Å². The Morgan fingerprint density at radius 2 is 1.88 bits per heavy atom. The maximum atomic E-state index is 3.38. The number of rotatable bonds is 6. The van der Waals surface area contributed by atoms with Gasteiger partial charge in [-0.1, -0.05) is 6.92 Å². The summed E-state index contributed by atoms with van der Waals surface area (Å²) >= 11 is 0. The van der Waals surface area contributed by atoms with E-state index < -0.39 is 0 Å². The summed E-state index contributed by atoms with van der Waals surface area (Å²) in [7, 11) is 6.78. The molecule has 0 aromatic rings. The van der Waals surface area contributed by atoms with Crippen LogP contribution in [0.1, 0.15) is 26.2 Å². The minimum Gasteiger partial charge on any atom is -0.316 e. The van der Waals surface area contributed by atoms with Crippen LogP contribution in [0.15, 0.2) is 0 Å². The maximum absolute atomic E-state index is 3.38. The molecule has 3 nitrogen and oxygen atoms in total. The van der Waals surface area contributed by atoms with Gasteiger partial charge in [-0.15, -0.1) is 0 Å². The summed E-state index contributed by atoms with van der Waals surface area (Å²) in [6.45, 7) is 7.36. The van der Waals surface area contributed by atoms with Crippen LogP contribution >= 0.6 is 0 Å². The number of likely N-dealkylation sites (N-methyl/N-ethyl adjacent to an activating group) is 2. The van der Waals surface area contributed by atoms with Gasteiger partial charge in [0.2, 0.25) is 0 Å². The molecule has 1 heterocycles. The highest BCUT2D eigenvalue weighted by Crippen LogP contribution is 2.36. The van der Waals surface area contributed by atoms with E-state index in [2.05, 4.69) is 43.2 Å². The molecule has 1 N–H and O–H groups in total. The lowest BCUT2D eigenvalue weighted by atomic mass is 9.75. The van der Waals surface area contributed by atoms with Crippen molar-refractivity contribution in [2.75, 3.05) is 47.3 Å². The zero-order valence-corrected chi connectivity index (χ0v) is 12.0. The van der Waals surface area contributed by atoms with Gasteiger partial charge < -0.3 is 15.1 Å². The SMILES string of the molecule is CC(CN(C)CC1(N(C)C)CCC1)C1CNC1. The molecule has 1 saturated carbocycles. The molecule has 17 heavy (non-hydrogen) atoms. The van der Waals surface area contributed by atoms with Crippen molar-refractivity contribution >= 4 is 0 Å². The summed E-state index contributed by atoms with van der Waals surface area (Å²) in [5.41, 5.74) is 0.479. The fraction of sp³-hybridized carbons (Fsp3) is 1.00. The van der Waals surface area contributed by atoms with Gasteiger partial charge in [0.25, 0.3) is 0 Å². The van der Waals surface area contributed by atoms with Crippen LogP contribution < -0.4 is 5.32 Å². The fourth-order valence-electron chi connectivity index (χ4n) is 3.25. The summed E-state index contributed by atoms with van der Waals surface area (Å²) in [6, 6.07) is 0. The Kier molecular flexibility index (Phi) is 4.11. The van der Waals surface area contributed by atoms with Crippen molar-refractivity contribution in [2.24, 2.45) is 11.8 Å². The van der Waals surface area contributed by atoms with E-state index in [1.54, 1.807) is 0 Å². The van der Waals surface area contributed by atoms with E-state index in [-0.39, 0.29) is 0 Å². The second kappa shape index (κ2) is 5.25. The van der Waals surface area contributed by atoms with Gasteiger partial charge in [0.15, 0.2) is 0 Å². The Labute approximate surface area is 107 Å². The van der Waals surface area contributed by atoms with Crippen molar-refractivity contribution < 1.29 is 0 Å². The first-order valence-electron chi connectivity index (χ1n) is 7.10. The molecule has 1 atom stereocenters. The molecule has 2 rings (SSSR count). The maximum Gasteiger partial charge on any atom is 0.0330 e. The zero-order valence-electron chi connectivity index (χ0n) is 12.0. The predicted molar refractivity (Wildman–Crippen MR) is 73.3 cm³/mol. The minimum absolute atomic E-state index is 0.479. The van der Waals surface area contributed by atoms with E-state index >= 15 is 0 Å². The number of nitrogens with zero attached hydrogens (tertiary/aromatic N) is 2. The Hall–Kier alpha value is -0.120. The number of hydrogen-bond acceptors (Lipinski definition) is 3. The summed E-state index contributed by atoms with van der Waals surface area (Å²) < 4.78 is 0. The molecule has 1 aliphatic heterocycles. The van der Waals surface area contributed by atoms with E-state index in [0.29, 0.717) is 5.54 Å². The Balaban J connectivity index is 1.77. The third-order valence-corrected chi connectivity index (χ3v) is 5.01. The Morgan fingerprint density at radius 3 is 2.24 bits per heavy atom. The molecule has 0 aromatic carbocycles. The number of hydrogen-bond donors (Lipinski definition) is 1. The molecule has 2 fully saturated rings. The highest BCUT2D eigenvalue weighted by atomic mass is 15.2. The van der Waals surface area contributed by atoms with Gasteiger partial charge in [0.05, 0.1) is 0 Å². The highest BCUT2D eigenvalue weighted by molar-refractivity contribution is 4.98. The predicted octanol–water partition coefficient (Wildman–Crippen LogP) is 1.26. The van der Waals surface area contributed by atoms with Crippen molar-refractivity contribution in [2.45, 2.75) is 31.7 Å². The Bertz CT molecular complexity index is 244. The van der Waals surface area contributed by atoms with Gasteiger partial charge in [-0.05, 0) is 65.3 Å². The van der Waals surface area contributed by atoms with Crippen molar-refractivity contribution in [3.63, 3.8) is 0 Å². The molecular formula is C14H29N3. The summed E-state index contributed by atoms with van der Waals surface area (Å²) in [5, 5.41) is 3.38. The van der Waals surface area contributed by atoms with E-state index in [1.807, 2.05) is 0 Å². The first-order chi connectivity index (χ1) is 8.03. The van der Waals surface area contributed by atoms with Gasteiger partial charge in [-0.2, -0.15) is 0 Å². The van der Waals surface area contributed by atoms with Gasteiger partial charge in [0, 0.05) is 18.6 Å². The second-order valence-electron chi connectivity index (χ2n) is 6.56. The molecule has 0 radical (unpaired) electrons. The molecule has 1 unspecified atom stereocenters. The molecule has 100 valence electrons. The van der Waals surface area contributed by atoms with E-state index in [1.165, 1.54) is 45.4 Å². The first-order valence-corrected chi connectivity index (χ1v) is 7.10. The lowest BCUT2D eigenvalue weighted by molar-refractivity contribution is 0.0209. The average Bonchev–Trinajstić information content (AvgIpc) is 2.07. The lowest BCUT2D eigenvalue weighted by Gasteiger charge is -2.50. The first kappa shape index (κ1) is 13.3. The van der Waals surface area contributed by atoms with Crippen LogP contribution in [0.25, 0.3) is 0 Å². The van der Waals surface area contributed by atoms with Crippen molar-refractivity contribution in [1.29, 1.82) is 0 Å². The Morgan fingerprint density at radius 1 is 1.24 bits per heavy atom. The molecule has 0 aromatic heterocycles. The standard InChI is InChI=1S/C14H29N3/c1-12(13-8-15-9-13)10-17(4)11-14(16(2)3)6-5-7-14/h12-13,15H,5-11H2,1-4H3.